The van der Waals surface area contributed by atoms with Gasteiger partial charge in [0, 0.05) is 25.2 Å². The lowest BCUT2D eigenvalue weighted by Crippen LogP contribution is -2.53. The Morgan fingerprint density at radius 3 is 1.34 bits per heavy atom. The number of aliphatic hydroxyl groups is 3. The summed E-state index contributed by atoms with van der Waals surface area (Å²) in [6.45, 7) is 6.05. The van der Waals surface area contributed by atoms with E-state index in [1.807, 2.05) is 0 Å². The van der Waals surface area contributed by atoms with Gasteiger partial charge in [0.1, 0.15) is 0 Å². The van der Waals surface area contributed by atoms with Crippen LogP contribution in [0.1, 0.15) is 232 Å². The normalized spacial score (nSPS) is 24.4. The SMILES string of the molecule is CCCCCC=CCC=CCCCCCCCCC1(CCCCCCCCC=CCC=CCCCCC)CCC(O)(CC2CCC(NCCO)C(NCCO)C2)CC1. The third-order valence-corrected chi connectivity index (χ3v) is 13.7. The van der Waals surface area contributed by atoms with Gasteiger partial charge in [0.2, 0.25) is 0 Å². The van der Waals surface area contributed by atoms with Gasteiger partial charge in [-0.2, -0.15) is 0 Å². The van der Waals surface area contributed by atoms with Gasteiger partial charge in [-0.1, -0.05) is 152 Å². The predicted octanol–water partition coefficient (Wildman–Crippen LogP) is 13.8. The van der Waals surface area contributed by atoms with E-state index < -0.39 is 5.60 Å². The van der Waals surface area contributed by atoms with Crippen molar-refractivity contribution in [2.45, 2.75) is 250 Å². The van der Waals surface area contributed by atoms with E-state index in [9.17, 15) is 15.3 Å². The van der Waals surface area contributed by atoms with E-state index in [-0.39, 0.29) is 19.3 Å². The van der Waals surface area contributed by atoms with Crippen molar-refractivity contribution in [3.63, 3.8) is 0 Å². The van der Waals surface area contributed by atoms with Gasteiger partial charge in [0.15, 0.2) is 0 Å². The fourth-order valence-corrected chi connectivity index (χ4v) is 10.0. The smallest absolute Gasteiger partial charge is 0.0650 e. The van der Waals surface area contributed by atoms with E-state index in [4.69, 9.17) is 0 Å². The zero-order chi connectivity index (χ0) is 41.7. The van der Waals surface area contributed by atoms with E-state index in [2.05, 4.69) is 73.1 Å². The Morgan fingerprint density at radius 2 is 0.897 bits per heavy atom. The molecule has 0 aromatic heterocycles. The van der Waals surface area contributed by atoms with Gasteiger partial charge in [0.05, 0.1) is 18.8 Å². The lowest BCUT2D eigenvalue weighted by atomic mass is 9.62. The van der Waals surface area contributed by atoms with Gasteiger partial charge in [-0.05, 0) is 140 Å². The van der Waals surface area contributed by atoms with Crippen molar-refractivity contribution in [3.05, 3.63) is 48.6 Å². The lowest BCUT2D eigenvalue weighted by Gasteiger charge is -2.47. The average Bonchev–Trinajstić information content (AvgIpc) is 3.23. The van der Waals surface area contributed by atoms with Gasteiger partial charge < -0.3 is 26.0 Å². The molecule has 0 saturated heterocycles. The van der Waals surface area contributed by atoms with E-state index in [1.54, 1.807) is 0 Å². The first kappa shape index (κ1) is 52.9. The van der Waals surface area contributed by atoms with Crippen LogP contribution in [0.2, 0.25) is 0 Å². The Bertz CT molecular complexity index is 978. The second-order valence-corrected chi connectivity index (χ2v) is 18.8. The van der Waals surface area contributed by atoms with Gasteiger partial charge in [-0.15, -0.1) is 0 Å². The van der Waals surface area contributed by atoms with E-state index in [0.29, 0.717) is 30.5 Å². The largest absolute Gasteiger partial charge is 0.395 e. The number of hydrogen-bond donors (Lipinski definition) is 5. The molecular weight excluding hydrogens is 713 g/mol. The van der Waals surface area contributed by atoms with Gasteiger partial charge in [0.25, 0.3) is 0 Å². The standard InChI is InChI=1S/C53H98N2O3/c1-3-5-7-9-11-13-15-17-19-21-23-25-27-29-31-33-37-52(38-34-32-30-28-26-24-22-20-18-16-14-12-10-8-6-4-2)39-41-53(58,42-40-52)48-49-35-36-50(54-43-45-56)51(47-49)55-44-46-57/h11-14,17-20,49-51,54-58H,3-10,15-16,21-48H2,1-2H3. The summed E-state index contributed by atoms with van der Waals surface area (Å²) >= 11 is 0. The lowest BCUT2D eigenvalue weighted by molar-refractivity contribution is -0.0603. The van der Waals surface area contributed by atoms with Gasteiger partial charge in [-0.25, -0.2) is 0 Å². The summed E-state index contributed by atoms with van der Waals surface area (Å²) in [6.07, 6.45) is 61.5. The van der Waals surface area contributed by atoms with Crippen LogP contribution in [0.15, 0.2) is 48.6 Å². The number of allylic oxidation sites excluding steroid dienone is 8. The van der Waals surface area contributed by atoms with Crippen LogP contribution >= 0.6 is 0 Å². The van der Waals surface area contributed by atoms with Crippen molar-refractivity contribution in [1.82, 2.24) is 10.6 Å². The molecule has 5 N–H and O–H groups in total. The number of unbranched alkanes of at least 4 members (excludes halogenated alkanes) is 18. The molecule has 338 valence electrons. The average molecular weight is 811 g/mol. The minimum atomic E-state index is -0.528. The van der Waals surface area contributed by atoms with E-state index in [0.717, 1.165) is 51.4 Å². The monoisotopic (exact) mass is 811 g/mol. The fraction of sp³-hybridized carbons (Fsp3) is 0.849. The molecule has 2 rings (SSSR count). The summed E-state index contributed by atoms with van der Waals surface area (Å²) in [5, 5.41) is 38.0. The van der Waals surface area contributed by atoms with Crippen LogP contribution in [0.3, 0.4) is 0 Å². The number of rotatable bonds is 38. The van der Waals surface area contributed by atoms with Gasteiger partial charge in [-0.3, -0.25) is 0 Å². The highest BCUT2D eigenvalue weighted by molar-refractivity contribution is 4.98. The third kappa shape index (κ3) is 26.9. The predicted molar refractivity (Wildman–Crippen MR) is 254 cm³/mol. The van der Waals surface area contributed by atoms with Crippen molar-refractivity contribution < 1.29 is 15.3 Å². The highest BCUT2D eigenvalue weighted by atomic mass is 16.3. The molecule has 0 aromatic rings. The topological polar surface area (TPSA) is 84.8 Å². The Hall–Kier alpha value is -1.24. The minimum Gasteiger partial charge on any atom is -0.395 e. The van der Waals surface area contributed by atoms with Crippen molar-refractivity contribution in [2.24, 2.45) is 11.3 Å². The molecule has 3 unspecified atom stereocenters. The molecule has 0 aromatic carbocycles. The van der Waals surface area contributed by atoms with E-state index in [1.165, 1.54) is 167 Å². The molecule has 0 aliphatic heterocycles. The molecule has 3 atom stereocenters. The van der Waals surface area contributed by atoms with E-state index >= 15 is 0 Å². The fourth-order valence-electron chi connectivity index (χ4n) is 10.0. The second-order valence-electron chi connectivity index (χ2n) is 18.8. The molecule has 2 saturated carbocycles. The maximum atomic E-state index is 12.0. The number of aliphatic hydroxyl groups excluding tert-OH is 2. The van der Waals surface area contributed by atoms with Crippen LogP contribution in [-0.4, -0.2) is 59.3 Å². The summed E-state index contributed by atoms with van der Waals surface area (Å²) in [5.41, 5.74) is -0.104. The van der Waals surface area contributed by atoms with Crippen LogP contribution in [0.4, 0.5) is 0 Å². The molecule has 0 spiro atoms. The maximum absolute atomic E-state index is 12.0. The molecule has 2 aliphatic rings. The number of nitrogens with one attached hydrogen (secondary N) is 2. The zero-order valence-electron chi connectivity index (χ0n) is 38.6. The first-order valence-corrected chi connectivity index (χ1v) is 25.5. The molecule has 2 aliphatic carbocycles. The van der Waals surface area contributed by atoms with Crippen molar-refractivity contribution in [2.75, 3.05) is 26.3 Å². The Labute approximate surface area is 360 Å². The maximum Gasteiger partial charge on any atom is 0.0650 e. The summed E-state index contributed by atoms with van der Waals surface area (Å²) in [7, 11) is 0. The Kier molecular flexibility index (Phi) is 33.2. The van der Waals surface area contributed by atoms with Crippen molar-refractivity contribution >= 4 is 0 Å². The molecule has 5 heteroatoms. The summed E-state index contributed by atoms with van der Waals surface area (Å²) in [5.74, 6) is 0.515. The minimum absolute atomic E-state index is 0.143. The summed E-state index contributed by atoms with van der Waals surface area (Å²) < 4.78 is 0. The summed E-state index contributed by atoms with van der Waals surface area (Å²) in [4.78, 5) is 0. The molecule has 58 heavy (non-hydrogen) atoms. The Morgan fingerprint density at radius 1 is 0.483 bits per heavy atom. The van der Waals surface area contributed by atoms with Crippen LogP contribution in [0.5, 0.6) is 0 Å². The molecule has 5 nitrogen and oxygen atoms in total. The molecule has 0 heterocycles. The third-order valence-electron chi connectivity index (χ3n) is 13.7. The Balaban J connectivity index is 1.75. The first-order chi connectivity index (χ1) is 28.5. The van der Waals surface area contributed by atoms with Crippen LogP contribution in [-0.2, 0) is 0 Å². The molecule has 0 amide bonds. The molecular formula is C53H98N2O3. The zero-order valence-corrected chi connectivity index (χ0v) is 38.6. The highest BCUT2D eigenvalue weighted by Gasteiger charge is 2.43. The first-order valence-electron chi connectivity index (χ1n) is 25.5. The number of hydrogen-bond acceptors (Lipinski definition) is 5. The molecule has 2 fully saturated rings. The van der Waals surface area contributed by atoms with Crippen molar-refractivity contribution in [1.29, 1.82) is 0 Å². The van der Waals surface area contributed by atoms with Gasteiger partial charge >= 0.3 is 0 Å². The van der Waals surface area contributed by atoms with Crippen molar-refractivity contribution in [3.8, 4) is 0 Å². The second kappa shape index (κ2) is 36.4. The molecule has 0 radical (unpaired) electrons. The molecule has 0 bridgehead atoms. The van der Waals surface area contributed by atoms with Crippen LogP contribution < -0.4 is 10.6 Å². The quantitative estimate of drug-likeness (QED) is 0.0317. The van der Waals surface area contributed by atoms with Crippen LogP contribution in [0.25, 0.3) is 0 Å². The summed E-state index contributed by atoms with van der Waals surface area (Å²) in [6, 6.07) is 0.614. The highest BCUT2D eigenvalue weighted by Crippen LogP contribution is 2.50. The van der Waals surface area contributed by atoms with Crippen LogP contribution in [0, 0.1) is 11.3 Å².